The molecule has 2 rings (SSSR count). The van der Waals surface area contributed by atoms with E-state index >= 15 is 0 Å². The molecule has 0 aliphatic rings. The molecule has 6 nitrogen and oxygen atoms in total. The number of hydrogen-bond acceptors (Lipinski definition) is 3. The highest BCUT2D eigenvalue weighted by Gasteiger charge is 2.09. The quantitative estimate of drug-likeness (QED) is 0.894. The lowest BCUT2D eigenvalue weighted by Gasteiger charge is -2.04. The molecule has 0 aliphatic heterocycles. The van der Waals surface area contributed by atoms with Gasteiger partial charge in [0, 0.05) is 19.3 Å². The van der Waals surface area contributed by atoms with Crippen molar-refractivity contribution in [3.8, 4) is 0 Å². The van der Waals surface area contributed by atoms with Crippen molar-refractivity contribution in [2.45, 2.75) is 13.5 Å². The van der Waals surface area contributed by atoms with E-state index in [4.69, 9.17) is 11.6 Å². The molecule has 0 saturated carbocycles. The minimum atomic E-state index is -0.188. The predicted molar refractivity (Wildman–Crippen MR) is 63.8 cm³/mol. The van der Waals surface area contributed by atoms with Crippen LogP contribution >= 0.6 is 11.6 Å². The largest absolute Gasteiger partial charge is 0.308 e. The first-order valence-corrected chi connectivity index (χ1v) is 5.41. The first-order chi connectivity index (χ1) is 8.06. The molecule has 0 bridgehead atoms. The standard InChI is InChI=1S/C10H12ClN5O/c1-7-8(11)5-12-16(7)6-10(17)13-9-3-4-15(2)14-9/h3-5H,6H2,1-2H3,(H,13,14,17). The van der Waals surface area contributed by atoms with E-state index in [2.05, 4.69) is 15.5 Å². The van der Waals surface area contributed by atoms with E-state index in [1.807, 2.05) is 6.92 Å². The van der Waals surface area contributed by atoms with Gasteiger partial charge in [0.2, 0.25) is 5.91 Å². The van der Waals surface area contributed by atoms with Crippen molar-refractivity contribution < 1.29 is 4.79 Å². The molecule has 2 heterocycles. The van der Waals surface area contributed by atoms with Gasteiger partial charge in [0.15, 0.2) is 5.82 Å². The van der Waals surface area contributed by atoms with E-state index in [-0.39, 0.29) is 12.5 Å². The molecule has 0 saturated heterocycles. The smallest absolute Gasteiger partial charge is 0.247 e. The van der Waals surface area contributed by atoms with Crippen LogP contribution in [0.1, 0.15) is 5.69 Å². The highest BCUT2D eigenvalue weighted by atomic mass is 35.5. The summed E-state index contributed by atoms with van der Waals surface area (Å²) < 4.78 is 3.16. The number of rotatable bonds is 3. The molecule has 0 atom stereocenters. The first kappa shape index (κ1) is 11.7. The minimum Gasteiger partial charge on any atom is -0.308 e. The van der Waals surface area contributed by atoms with Gasteiger partial charge in [-0.15, -0.1) is 0 Å². The van der Waals surface area contributed by atoms with Crippen molar-refractivity contribution in [3.63, 3.8) is 0 Å². The van der Waals surface area contributed by atoms with Crippen LogP contribution < -0.4 is 5.32 Å². The molecular weight excluding hydrogens is 242 g/mol. The molecule has 0 aromatic carbocycles. The number of anilines is 1. The van der Waals surface area contributed by atoms with E-state index in [1.54, 1.807) is 28.7 Å². The molecule has 2 aromatic heterocycles. The van der Waals surface area contributed by atoms with Gasteiger partial charge in [-0.3, -0.25) is 14.2 Å². The van der Waals surface area contributed by atoms with E-state index in [1.165, 1.54) is 6.20 Å². The molecule has 7 heteroatoms. The Balaban J connectivity index is 2.00. The molecule has 17 heavy (non-hydrogen) atoms. The number of aryl methyl sites for hydroxylation is 1. The van der Waals surface area contributed by atoms with Gasteiger partial charge in [0.25, 0.3) is 0 Å². The van der Waals surface area contributed by atoms with Crippen LogP contribution in [0, 0.1) is 6.92 Å². The molecule has 0 radical (unpaired) electrons. The maximum Gasteiger partial charge on any atom is 0.247 e. The minimum absolute atomic E-state index is 0.120. The number of hydrogen-bond donors (Lipinski definition) is 1. The molecule has 0 spiro atoms. The second kappa shape index (κ2) is 4.58. The Hall–Kier alpha value is -1.82. The molecular formula is C10H12ClN5O. The van der Waals surface area contributed by atoms with Crippen LogP contribution in [0.3, 0.4) is 0 Å². The summed E-state index contributed by atoms with van der Waals surface area (Å²) in [6.45, 7) is 1.93. The van der Waals surface area contributed by atoms with E-state index in [9.17, 15) is 4.79 Å². The van der Waals surface area contributed by atoms with Crippen molar-refractivity contribution in [1.82, 2.24) is 19.6 Å². The molecule has 0 unspecified atom stereocenters. The summed E-state index contributed by atoms with van der Waals surface area (Å²) in [7, 11) is 1.78. The average molecular weight is 254 g/mol. The Morgan fingerprint density at radius 2 is 2.35 bits per heavy atom. The molecule has 1 N–H and O–H groups in total. The van der Waals surface area contributed by atoms with E-state index in [0.29, 0.717) is 10.8 Å². The topological polar surface area (TPSA) is 64.7 Å². The predicted octanol–water partition coefficient (Wildman–Crippen LogP) is 1.22. The maximum absolute atomic E-state index is 11.7. The SMILES string of the molecule is Cc1c(Cl)cnn1CC(=O)Nc1ccn(C)n1. The third-order valence-electron chi connectivity index (χ3n) is 2.32. The van der Waals surface area contributed by atoms with Gasteiger partial charge in [-0.2, -0.15) is 10.2 Å². The fourth-order valence-electron chi connectivity index (χ4n) is 1.38. The average Bonchev–Trinajstić information content (AvgIpc) is 2.79. The van der Waals surface area contributed by atoms with Crippen molar-refractivity contribution in [2.75, 3.05) is 5.32 Å². The van der Waals surface area contributed by atoms with E-state index < -0.39 is 0 Å². The van der Waals surface area contributed by atoms with Crippen molar-refractivity contribution in [3.05, 3.63) is 29.2 Å². The molecule has 90 valence electrons. The lowest BCUT2D eigenvalue weighted by molar-refractivity contribution is -0.117. The zero-order valence-corrected chi connectivity index (χ0v) is 10.3. The van der Waals surface area contributed by atoms with Crippen LogP contribution in [-0.2, 0) is 18.4 Å². The molecule has 0 fully saturated rings. The summed E-state index contributed by atoms with van der Waals surface area (Å²) in [4.78, 5) is 11.7. The normalized spacial score (nSPS) is 10.5. The van der Waals surface area contributed by atoms with Gasteiger partial charge in [-0.05, 0) is 6.92 Å². The first-order valence-electron chi connectivity index (χ1n) is 5.03. The summed E-state index contributed by atoms with van der Waals surface area (Å²) in [5.41, 5.74) is 0.767. The van der Waals surface area contributed by atoms with Crippen molar-refractivity contribution >= 4 is 23.3 Å². The Kier molecular flexibility index (Phi) is 3.14. The highest BCUT2D eigenvalue weighted by Crippen LogP contribution is 2.13. The number of carbonyl (C=O) groups is 1. The number of nitrogens with zero attached hydrogens (tertiary/aromatic N) is 4. The van der Waals surface area contributed by atoms with Gasteiger partial charge in [0.05, 0.1) is 16.9 Å². The third kappa shape index (κ3) is 2.65. The zero-order valence-electron chi connectivity index (χ0n) is 9.51. The lowest BCUT2D eigenvalue weighted by atomic mass is 10.4. The summed E-state index contributed by atoms with van der Waals surface area (Å²) in [5.74, 6) is 0.333. The maximum atomic E-state index is 11.7. The second-order valence-electron chi connectivity index (χ2n) is 3.66. The second-order valence-corrected chi connectivity index (χ2v) is 4.07. The van der Waals surface area contributed by atoms with Crippen molar-refractivity contribution in [2.24, 2.45) is 7.05 Å². The number of aromatic nitrogens is 4. The Bertz CT molecular complexity index is 545. The fourth-order valence-corrected chi connectivity index (χ4v) is 1.52. The fraction of sp³-hybridized carbons (Fsp3) is 0.300. The van der Waals surface area contributed by atoms with Crippen LogP contribution in [-0.4, -0.2) is 25.5 Å². The third-order valence-corrected chi connectivity index (χ3v) is 2.69. The summed E-state index contributed by atoms with van der Waals surface area (Å²) in [6, 6.07) is 1.72. The zero-order chi connectivity index (χ0) is 12.4. The van der Waals surface area contributed by atoms with E-state index in [0.717, 1.165) is 5.69 Å². The van der Waals surface area contributed by atoms with Crippen LogP contribution in [0.2, 0.25) is 5.02 Å². The molecule has 1 amide bonds. The number of halogens is 1. The Labute approximate surface area is 103 Å². The van der Waals surface area contributed by atoms with Crippen LogP contribution in [0.25, 0.3) is 0 Å². The lowest BCUT2D eigenvalue weighted by Crippen LogP contribution is -2.20. The summed E-state index contributed by atoms with van der Waals surface area (Å²) in [6.07, 6.45) is 3.27. The molecule has 0 aliphatic carbocycles. The highest BCUT2D eigenvalue weighted by molar-refractivity contribution is 6.31. The molecule has 2 aromatic rings. The van der Waals surface area contributed by atoms with Crippen LogP contribution in [0.5, 0.6) is 0 Å². The monoisotopic (exact) mass is 253 g/mol. The van der Waals surface area contributed by atoms with Gasteiger partial charge < -0.3 is 5.32 Å². The summed E-state index contributed by atoms with van der Waals surface area (Å²) in [5, 5.41) is 11.3. The van der Waals surface area contributed by atoms with Gasteiger partial charge in [0.1, 0.15) is 6.54 Å². The Morgan fingerprint density at radius 1 is 1.59 bits per heavy atom. The Morgan fingerprint density at radius 3 is 2.88 bits per heavy atom. The van der Waals surface area contributed by atoms with Gasteiger partial charge in [-0.25, -0.2) is 0 Å². The van der Waals surface area contributed by atoms with Gasteiger partial charge in [-0.1, -0.05) is 11.6 Å². The van der Waals surface area contributed by atoms with Crippen LogP contribution in [0.4, 0.5) is 5.82 Å². The number of nitrogens with one attached hydrogen (secondary N) is 1. The van der Waals surface area contributed by atoms with Crippen LogP contribution in [0.15, 0.2) is 18.5 Å². The van der Waals surface area contributed by atoms with Crippen molar-refractivity contribution in [1.29, 1.82) is 0 Å². The summed E-state index contributed by atoms with van der Waals surface area (Å²) >= 11 is 5.85. The van der Waals surface area contributed by atoms with Gasteiger partial charge >= 0.3 is 0 Å². The number of amides is 1. The number of carbonyl (C=O) groups excluding carboxylic acids is 1.